The maximum Gasteiger partial charge on any atom is 0.279 e. The van der Waals surface area contributed by atoms with Crippen molar-refractivity contribution in [1.82, 2.24) is 9.55 Å². The van der Waals surface area contributed by atoms with Crippen molar-refractivity contribution in [1.29, 1.82) is 5.26 Å². The van der Waals surface area contributed by atoms with E-state index in [0.29, 0.717) is 44.1 Å². The van der Waals surface area contributed by atoms with Crippen LogP contribution in [0.5, 0.6) is 5.75 Å². The monoisotopic (exact) mass is 516 g/mol. The van der Waals surface area contributed by atoms with Gasteiger partial charge in [0.25, 0.3) is 5.91 Å². The standard InChI is InChI=1S/C28H22Cl2N4O2/c1-16(2)33-26-24(32-27(33)22-13-17(15-31)7-12-23(22)36-3)28(35)34(21-6-4-5-20(30)14-21)25(26)18-8-10-19(29)11-9-18/h4-14,16,25H,1-3H3. The summed E-state index contributed by atoms with van der Waals surface area (Å²) >= 11 is 12.5. The molecule has 5 rings (SSSR count). The van der Waals surface area contributed by atoms with Crippen LogP contribution in [0.2, 0.25) is 10.0 Å². The molecule has 0 bridgehead atoms. The van der Waals surface area contributed by atoms with Gasteiger partial charge in [0.15, 0.2) is 5.69 Å². The van der Waals surface area contributed by atoms with Gasteiger partial charge in [-0.1, -0.05) is 41.4 Å². The molecule has 1 aromatic heterocycles. The normalized spacial score (nSPS) is 14.8. The summed E-state index contributed by atoms with van der Waals surface area (Å²) in [6, 6.07) is 21.5. The molecule has 0 aliphatic carbocycles. The average Bonchev–Trinajstić information content (AvgIpc) is 3.39. The third-order valence-electron chi connectivity index (χ3n) is 6.24. The molecular weight excluding hydrogens is 495 g/mol. The first kappa shape index (κ1) is 23.9. The Morgan fingerprint density at radius 3 is 2.42 bits per heavy atom. The summed E-state index contributed by atoms with van der Waals surface area (Å²) in [7, 11) is 1.57. The van der Waals surface area contributed by atoms with Crippen molar-refractivity contribution in [2.24, 2.45) is 0 Å². The molecule has 2 heterocycles. The average molecular weight is 517 g/mol. The van der Waals surface area contributed by atoms with Gasteiger partial charge in [0.1, 0.15) is 17.6 Å². The van der Waals surface area contributed by atoms with E-state index in [1.165, 1.54) is 0 Å². The zero-order chi connectivity index (χ0) is 25.6. The highest BCUT2D eigenvalue weighted by Gasteiger charge is 2.44. The fourth-order valence-electron chi connectivity index (χ4n) is 4.73. The Hall–Kier alpha value is -3.79. The maximum absolute atomic E-state index is 14.0. The van der Waals surface area contributed by atoms with Gasteiger partial charge in [-0.2, -0.15) is 5.26 Å². The van der Waals surface area contributed by atoms with E-state index in [1.54, 1.807) is 42.3 Å². The molecule has 6 nitrogen and oxygen atoms in total. The Bertz CT molecular complexity index is 1520. The molecule has 0 radical (unpaired) electrons. The first-order valence-corrected chi connectivity index (χ1v) is 12.1. The molecule has 3 aromatic carbocycles. The number of nitriles is 1. The summed E-state index contributed by atoms with van der Waals surface area (Å²) in [5.41, 5.74) is 3.80. The number of imidazole rings is 1. The Morgan fingerprint density at radius 1 is 1.03 bits per heavy atom. The van der Waals surface area contributed by atoms with Crippen molar-refractivity contribution < 1.29 is 9.53 Å². The van der Waals surface area contributed by atoms with Gasteiger partial charge in [-0.05, 0) is 67.9 Å². The van der Waals surface area contributed by atoms with Crippen LogP contribution in [0.3, 0.4) is 0 Å². The van der Waals surface area contributed by atoms with Crippen molar-refractivity contribution in [3.8, 4) is 23.2 Å². The number of fused-ring (bicyclic) bond motifs is 1. The smallest absolute Gasteiger partial charge is 0.279 e. The lowest BCUT2D eigenvalue weighted by Crippen LogP contribution is -2.30. The van der Waals surface area contributed by atoms with E-state index in [1.807, 2.05) is 50.2 Å². The Labute approximate surface area is 219 Å². The fourth-order valence-corrected chi connectivity index (χ4v) is 5.04. The maximum atomic E-state index is 14.0. The van der Waals surface area contributed by atoms with E-state index in [9.17, 15) is 10.1 Å². The summed E-state index contributed by atoms with van der Waals surface area (Å²) < 4.78 is 7.65. The molecule has 1 aliphatic heterocycles. The van der Waals surface area contributed by atoms with Gasteiger partial charge in [-0.15, -0.1) is 0 Å². The van der Waals surface area contributed by atoms with Crippen LogP contribution < -0.4 is 9.64 Å². The quantitative estimate of drug-likeness (QED) is 0.284. The molecule has 1 atom stereocenters. The van der Waals surface area contributed by atoms with Gasteiger partial charge in [-0.25, -0.2) is 4.98 Å². The van der Waals surface area contributed by atoms with Crippen LogP contribution in [-0.2, 0) is 0 Å². The van der Waals surface area contributed by atoms with Crippen molar-refractivity contribution in [3.63, 3.8) is 0 Å². The van der Waals surface area contributed by atoms with Gasteiger partial charge in [0, 0.05) is 21.8 Å². The number of rotatable bonds is 5. The number of ether oxygens (including phenoxy) is 1. The van der Waals surface area contributed by atoms with Crippen LogP contribution in [0.1, 0.15) is 53.2 Å². The number of hydrogen-bond acceptors (Lipinski definition) is 4. The van der Waals surface area contributed by atoms with Crippen LogP contribution in [0.25, 0.3) is 11.4 Å². The lowest BCUT2D eigenvalue weighted by Gasteiger charge is -2.28. The number of halogens is 2. The molecule has 1 amide bonds. The SMILES string of the molecule is COc1ccc(C#N)cc1-c1nc2c(n1C(C)C)C(c1ccc(Cl)cc1)N(c1cccc(Cl)c1)C2=O. The first-order valence-electron chi connectivity index (χ1n) is 11.4. The minimum atomic E-state index is -0.461. The molecule has 36 heavy (non-hydrogen) atoms. The minimum Gasteiger partial charge on any atom is -0.496 e. The van der Waals surface area contributed by atoms with Crippen molar-refractivity contribution in [2.45, 2.75) is 25.9 Å². The van der Waals surface area contributed by atoms with E-state index in [4.69, 9.17) is 32.9 Å². The number of amides is 1. The number of carbonyl (C=O) groups is 1. The molecule has 180 valence electrons. The number of benzene rings is 3. The highest BCUT2D eigenvalue weighted by molar-refractivity contribution is 6.31. The van der Waals surface area contributed by atoms with E-state index in [2.05, 4.69) is 10.6 Å². The number of aromatic nitrogens is 2. The van der Waals surface area contributed by atoms with Crippen LogP contribution in [-0.4, -0.2) is 22.6 Å². The summed E-state index contributed by atoms with van der Waals surface area (Å²) in [4.78, 5) is 20.5. The molecule has 0 N–H and O–H groups in total. The van der Waals surface area contributed by atoms with Gasteiger partial charge < -0.3 is 9.30 Å². The second kappa shape index (κ2) is 9.34. The molecule has 0 fully saturated rings. The highest BCUT2D eigenvalue weighted by Crippen LogP contribution is 2.46. The summed E-state index contributed by atoms with van der Waals surface area (Å²) in [5.74, 6) is 0.909. The molecule has 8 heteroatoms. The van der Waals surface area contributed by atoms with Gasteiger partial charge in [-0.3, -0.25) is 9.69 Å². The molecule has 4 aromatic rings. The van der Waals surface area contributed by atoms with E-state index < -0.39 is 6.04 Å². The minimum absolute atomic E-state index is 0.0476. The van der Waals surface area contributed by atoms with E-state index in [-0.39, 0.29) is 11.9 Å². The zero-order valence-corrected chi connectivity index (χ0v) is 21.4. The number of nitrogens with zero attached hydrogens (tertiary/aromatic N) is 4. The first-order chi connectivity index (χ1) is 17.3. The number of anilines is 1. The number of hydrogen-bond donors (Lipinski definition) is 0. The summed E-state index contributed by atoms with van der Waals surface area (Å²) in [6.07, 6.45) is 0. The van der Waals surface area contributed by atoms with Gasteiger partial charge in [0.2, 0.25) is 0 Å². The Morgan fingerprint density at radius 2 is 1.78 bits per heavy atom. The highest BCUT2D eigenvalue weighted by atomic mass is 35.5. The summed E-state index contributed by atoms with van der Waals surface area (Å²) in [6.45, 7) is 4.08. The van der Waals surface area contributed by atoms with E-state index in [0.717, 1.165) is 11.3 Å². The number of methoxy groups -OCH3 is 1. The van der Waals surface area contributed by atoms with Crippen molar-refractivity contribution in [3.05, 3.63) is 99.3 Å². The van der Waals surface area contributed by atoms with E-state index >= 15 is 0 Å². The van der Waals surface area contributed by atoms with Gasteiger partial charge >= 0.3 is 0 Å². The van der Waals surface area contributed by atoms with Crippen LogP contribution in [0.4, 0.5) is 5.69 Å². The van der Waals surface area contributed by atoms with Gasteiger partial charge in [0.05, 0.1) is 30.0 Å². The third-order valence-corrected chi connectivity index (χ3v) is 6.73. The lowest BCUT2D eigenvalue weighted by atomic mass is 10.0. The second-order valence-corrected chi connectivity index (χ2v) is 9.64. The molecule has 1 aliphatic rings. The predicted molar refractivity (Wildman–Crippen MR) is 141 cm³/mol. The topological polar surface area (TPSA) is 71.2 Å². The van der Waals surface area contributed by atoms with Crippen molar-refractivity contribution in [2.75, 3.05) is 12.0 Å². The largest absolute Gasteiger partial charge is 0.496 e. The van der Waals surface area contributed by atoms with Crippen LogP contribution in [0.15, 0.2) is 66.7 Å². The molecule has 0 saturated heterocycles. The Balaban J connectivity index is 1.80. The predicted octanol–water partition coefficient (Wildman–Crippen LogP) is 7.07. The van der Waals surface area contributed by atoms with Crippen LogP contribution >= 0.6 is 23.2 Å². The molecular formula is C28H22Cl2N4O2. The molecule has 0 saturated carbocycles. The Kier molecular flexibility index (Phi) is 6.21. The van der Waals surface area contributed by atoms with Crippen LogP contribution in [0, 0.1) is 11.3 Å². The molecule has 0 spiro atoms. The second-order valence-electron chi connectivity index (χ2n) is 8.77. The van der Waals surface area contributed by atoms with Crippen molar-refractivity contribution >= 4 is 34.8 Å². The number of carbonyl (C=O) groups excluding carboxylic acids is 1. The summed E-state index contributed by atoms with van der Waals surface area (Å²) in [5, 5.41) is 10.6. The molecule has 1 unspecified atom stereocenters. The lowest BCUT2D eigenvalue weighted by molar-refractivity contribution is 0.0989. The fraction of sp³-hybridized carbons (Fsp3) is 0.179. The third kappa shape index (κ3) is 3.91. The zero-order valence-electron chi connectivity index (χ0n) is 19.9.